The lowest BCUT2D eigenvalue weighted by Crippen LogP contribution is -2.39. The van der Waals surface area contributed by atoms with Crippen LogP contribution in [0.5, 0.6) is 0 Å². The minimum Gasteiger partial charge on any atom is -0.379 e. The second-order valence-electron chi connectivity index (χ2n) is 7.50. The number of guanidine groups is 1. The lowest BCUT2D eigenvalue weighted by molar-refractivity contribution is 0.0372. The summed E-state index contributed by atoms with van der Waals surface area (Å²) < 4.78 is 7.69. The van der Waals surface area contributed by atoms with Crippen molar-refractivity contribution in [2.75, 3.05) is 52.5 Å². The summed E-state index contributed by atoms with van der Waals surface area (Å²) in [7, 11) is 0. The minimum atomic E-state index is 0.801. The third-order valence-corrected chi connectivity index (χ3v) is 5.30. The first-order valence-corrected chi connectivity index (χ1v) is 11.0. The molecule has 7 heteroatoms. The molecule has 0 radical (unpaired) electrons. The molecular weight excluding hydrogens is 364 g/mol. The molecule has 1 fully saturated rings. The molecule has 0 unspecified atom stereocenters. The predicted molar refractivity (Wildman–Crippen MR) is 120 cm³/mol. The summed E-state index contributed by atoms with van der Waals surface area (Å²) in [5.41, 5.74) is 2.28. The van der Waals surface area contributed by atoms with Gasteiger partial charge in [0, 0.05) is 39.3 Å². The zero-order valence-corrected chi connectivity index (χ0v) is 18.0. The Hall–Kier alpha value is -2.12. The highest BCUT2D eigenvalue weighted by Gasteiger charge is 2.09. The Morgan fingerprint density at radius 1 is 1.10 bits per heavy atom. The summed E-state index contributed by atoms with van der Waals surface area (Å²) in [5.74, 6) is 1.99. The molecule has 0 amide bonds. The van der Waals surface area contributed by atoms with Gasteiger partial charge in [0.15, 0.2) is 5.96 Å². The molecular formula is C22H36N6O. The van der Waals surface area contributed by atoms with Gasteiger partial charge in [-0.1, -0.05) is 12.1 Å². The third kappa shape index (κ3) is 6.72. The number of fused-ring (bicyclic) bond motifs is 1. The normalized spacial score (nSPS) is 15.7. The third-order valence-electron chi connectivity index (χ3n) is 5.30. The van der Waals surface area contributed by atoms with Crippen LogP contribution in [-0.2, 0) is 11.3 Å². The van der Waals surface area contributed by atoms with Crippen molar-refractivity contribution < 1.29 is 4.74 Å². The first-order valence-electron chi connectivity index (χ1n) is 11.0. The zero-order chi connectivity index (χ0) is 20.3. The highest BCUT2D eigenvalue weighted by molar-refractivity contribution is 5.79. The van der Waals surface area contributed by atoms with Gasteiger partial charge in [0.1, 0.15) is 5.82 Å². The van der Waals surface area contributed by atoms with Crippen LogP contribution in [0.1, 0.15) is 32.0 Å². The zero-order valence-electron chi connectivity index (χ0n) is 18.0. The fraction of sp³-hybridized carbons (Fsp3) is 0.636. The van der Waals surface area contributed by atoms with Gasteiger partial charge in [-0.3, -0.25) is 9.89 Å². The van der Waals surface area contributed by atoms with E-state index in [0.29, 0.717) is 0 Å². The van der Waals surface area contributed by atoms with E-state index >= 15 is 0 Å². The number of ether oxygens (including phenoxy) is 1. The van der Waals surface area contributed by atoms with E-state index in [2.05, 4.69) is 57.1 Å². The Balaban J connectivity index is 1.37. The number of benzene rings is 1. The van der Waals surface area contributed by atoms with Crippen molar-refractivity contribution in [3.05, 3.63) is 30.1 Å². The standard InChI is InChI=1S/C22H36N6O/c1-3-23-22(24-11-6-7-13-27-15-17-29-18-16-27)25-12-8-14-28-19(2)26-20-9-4-5-10-21(20)28/h4-5,9-10H,3,6-8,11-18H2,1-2H3,(H2,23,24,25). The molecule has 0 saturated carbocycles. The number of hydrogen-bond acceptors (Lipinski definition) is 4. The number of imidazole rings is 1. The molecule has 29 heavy (non-hydrogen) atoms. The molecule has 1 aromatic carbocycles. The Morgan fingerprint density at radius 2 is 1.93 bits per heavy atom. The second-order valence-corrected chi connectivity index (χ2v) is 7.50. The molecule has 7 nitrogen and oxygen atoms in total. The van der Waals surface area contributed by atoms with Crippen LogP contribution in [0.15, 0.2) is 29.3 Å². The van der Waals surface area contributed by atoms with Gasteiger partial charge in [0.05, 0.1) is 24.2 Å². The van der Waals surface area contributed by atoms with Gasteiger partial charge in [0.25, 0.3) is 0 Å². The maximum absolute atomic E-state index is 5.40. The van der Waals surface area contributed by atoms with Crippen molar-refractivity contribution in [3.8, 4) is 0 Å². The van der Waals surface area contributed by atoms with Gasteiger partial charge in [-0.2, -0.15) is 0 Å². The highest BCUT2D eigenvalue weighted by Crippen LogP contribution is 2.15. The Kier molecular flexibility index (Phi) is 8.77. The van der Waals surface area contributed by atoms with Crippen LogP contribution in [0.3, 0.4) is 0 Å². The molecule has 1 aliphatic rings. The molecule has 0 spiro atoms. The molecule has 1 saturated heterocycles. The topological polar surface area (TPSA) is 66.7 Å². The summed E-state index contributed by atoms with van der Waals surface area (Å²) >= 11 is 0. The number of nitrogens with one attached hydrogen (secondary N) is 2. The molecule has 0 atom stereocenters. The average Bonchev–Trinajstić information content (AvgIpc) is 3.06. The number of nitrogens with zero attached hydrogens (tertiary/aromatic N) is 4. The lowest BCUT2D eigenvalue weighted by Gasteiger charge is -2.26. The van der Waals surface area contributed by atoms with Crippen molar-refractivity contribution in [3.63, 3.8) is 0 Å². The number of aliphatic imine (C=N–C) groups is 1. The van der Waals surface area contributed by atoms with E-state index in [-0.39, 0.29) is 0 Å². The van der Waals surface area contributed by atoms with E-state index in [9.17, 15) is 0 Å². The van der Waals surface area contributed by atoms with Crippen LogP contribution in [0.25, 0.3) is 11.0 Å². The van der Waals surface area contributed by atoms with Gasteiger partial charge >= 0.3 is 0 Å². The van der Waals surface area contributed by atoms with Gasteiger partial charge < -0.3 is 19.9 Å². The fourth-order valence-corrected chi connectivity index (χ4v) is 3.73. The molecule has 2 aromatic rings. The summed E-state index contributed by atoms with van der Waals surface area (Å²) in [4.78, 5) is 11.9. The molecule has 3 rings (SSSR count). The van der Waals surface area contributed by atoms with Crippen LogP contribution in [0, 0.1) is 6.92 Å². The fourth-order valence-electron chi connectivity index (χ4n) is 3.73. The Labute approximate surface area is 174 Å². The molecule has 1 aromatic heterocycles. The van der Waals surface area contributed by atoms with Gasteiger partial charge in [-0.05, 0) is 51.8 Å². The number of aryl methyl sites for hydroxylation is 2. The molecule has 0 bridgehead atoms. The molecule has 160 valence electrons. The van der Waals surface area contributed by atoms with Crippen molar-refractivity contribution in [2.24, 2.45) is 4.99 Å². The summed E-state index contributed by atoms with van der Waals surface area (Å²) in [6, 6.07) is 8.33. The van der Waals surface area contributed by atoms with E-state index in [0.717, 1.165) is 89.2 Å². The number of unbranched alkanes of at least 4 members (excludes halogenated alkanes) is 1. The largest absolute Gasteiger partial charge is 0.379 e. The van der Waals surface area contributed by atoms with E-state index in [1.165, 1.54) is 11.9 Å². The molecule has 1 aliphatic heterocycles. The molecule has 2 heterocycles. The van der Waals surface area contributed by atoms with E-state index in [1.807, 2.05) is 6.07 Å². The van der Waals surface area contributed by atoms with E-state index in [4.69, 9.17) is 9.73 Å². The number of para-hydroxylation sites is 2. The van der Waals surface area contributed by atoms with Crippen molar-refractivity contribution >= 4 is 17.0 Å². The quantitative estimate of drug-likeness (QED) is 0.364. The van der Waals surface area contributed by atoms with Crippen LogP contribution >= 0.6 is 0 Å². The highest BCUT2D eigenvalue weighted by atomic mass is 16.5. The SMILES string of the molecule is CCNC(=NCCCn1c(C)nc2ccccc21)NCCCCN1CCOCC1. The van der Waals surface area contributed by atoms with Crippen LogP contribution in [0.2, 0.25) is 0 Å². The van der Waals surface area contributed by atoms with Gasteiger partial charge in [-0.25, -0.2) is 4.98 Å². The van der Waals surface area contributed by atoms with Crippen molar-refractivity contribution in [1.82, 2.24) is 25.1 Å². The molecule has 0 aliphatic carbocycles. The lowest BCUT2D eigenvalue weighted by atomic mass is 10.3. The second kappa shape index (κ2) is 11.8. The summed E-state index contributed by atoms with van der Waals surface area (Å²) in [5, 5.41) is 6.82. The van der Waals surface area contributed by atoms with Crippen LogP contribution < -0.4 is 10.6 Å². The molecule has 2 N–H and O–H groups in total. The van der Waals surface area contributed by atoms with Crippen LogP contribution in [-0.4, -0.2) is 72.9 Å². The first kappa shape index (κ1) is 21.6. The summed E-state index contributed by atoms with van der Waals surface area (Å²) in [6.07, 6.45) is 3.36. The number of morpholine rings is 1. The number of hydrogen-bond donors (Lipinski definition) is 2. The average molecular weight is 401 g/mol. The predicted octanol–water partition coefficient (Wildman–Crippen LogP) is 2.40. The number of aromatic nitrogens is 2. The van der Waals surface area contributed by atoms with Crippen molar-refractivity contribution in [2.45, 2.75) is 39.7 Å². The van der Waals surface area contributed by atoms with E-state index in [1.54, 1.807) is 0 Å². The number of rotatable bonds is 10. The minimum absolute atomic E-state index is 0.801. The smallest absolute Gasteiger partial charge is 0.191 e. The summed E-state index contributed by atoms with van der Waals surface area (Å²) in [6.45, 7) is 12.8. The maximum atomic E-state index is 5.40. The monoisotopic (exact) mass is 400 g/mol. The van der Waals surface area contributed by atoms with Gasteiger partial charge in [0.2, 0.25) is 0 Å². The van der Waals surface area contributed by atoms with Crippen molar-refractivity contribution in [1.29, 1.82) is 0 Å². The first-order chi connectivity index (χ1) is 14.3. The maximum Gasteiger partial charge on any atom is 0.191 e. The van der Waals surface area contributed by atoms with Gasteiger partial charge in [-0.15, -0.1) is 0 Å². The Morgan fingerprint density at radius 3 is 2.76 bits per heavy atom. The van der Waals surface area contributed by atoms with Crippen LogP contribution in [0.4, 0.5) is 0 Å². The van der Waals surface area contributed by atoms with E-state index < -0.39 is 0 Å². The Bertz CT molecular complexity index is 766.